The number of fused-ring (bicyclic) bond motifs is 3. The van der Waals surface area contributed by atoms with Gasteiger partial charge in [0.25, 0.3) is 0 Å². The van der Waals surface area contributed by atoms with Crippen molar-refractivity contribution in [1.29, 1.82) is 0 Å². The zero-order valence-corrected chi connectivity index (χ0v) is 46.0. The molecule has 378 valence electrons. The monoisotopic (exact) mass is 967 g/mol. The van der Waals surface area contributed by atoms with E-state index in [1.807, 2.05) is 0 Å². The van der Waals surface area contributed by atoms with Crippen LogP contribution in [-0.2, 0) is 5.41 Å². The fourth-order valence-corrected chi connectivity index (χ4v) is 13.3. The third-order valence-electron chi connectivity index (χ3n) is 15.6. The van der Waals surface area contributed by atoms with Gasteiger partial charge in [-0.25, -0.2) is 0 Å². The molecule has 2 nitrogen and oxygen atoms in total. The lowest BCUT2D eigenvalue weighted by molar-refractivity contribution is 0.304. The molecule has 0 spiro atoms. The number of hydrogen-bond acceptors (Lipinski definition) is 2. The van der Waals surface area contributed by atoms with Crippen molar-refractivity contribution in [3.05, 3.63) is 138 Å². The second kappa shape index (κ2) is 29.7. The second-order valence-electron chi connectivity index (χ2n) is 21.1. The number of rotatable bonds is 34. The van der Waals surface area contributed by atoms with E-state index in [0.717, 1.165) is 37.6 Å². The minimum atomic E-state index is -0.0418. The van der Waals surface area contributed by atoms with Crippen LogP contribution in [0, 0.1) is 0 Å². The Morgan fingerprint density at radius 3 is 1.10 bits per heavy atom. The molecule has 0 unspecified atom stereocenters. The van der Waals surface area contributed by atoms with Gasteiger partial charge in [0.1, 0.15) is 11.5 Å². The van der Waals surface area contributed by atoms with Crippen molar-refractivity contribution in [3.8, 4) is 66.7 Å². The van der Waals surface area contributed by atoms with Crippen LogP contribution in [0.1, 0.15) is 205 Å². The summed E-state index contributed by atoms with van der Waals surface area (Å²) >= 11 is 0. The smallest absolute Gasteiger partial charge is 0.119 e. The molecule has 0 bridgehead atoms. The molecular weight excluding hydrogens is 877 g/mol. The lowest BCUT2D eigenvalue weighted by Gasteiger charge is -2.34. The molecule has 1 aliphatic rings. The average molecular weight is 968 g/mol. The topological polar surface area (TPSA) is 18.5 Å². The summed E-state index contributed by atoms with van der Waals surface area (Å²) in [5.74, 6) is 1.95. The Kier molecular flexibility index (Phi) is 22.6. The van der Waals surface area contributed by atoms with E-state index in [2.05, 4.69) is 155 Å². The molecule has 5 aromatic carbocycles. The number of benzene rings is 5. The third kappa shape index (κ3) is 15.6. The van der Waals surface area contributed by atoms with Gasteiger partial charge in [-0.2, -0.15) is 0 Å². The van der Waals surface area contributed by atoms with Gasteiger partial charge >= 0.3 is 0 Å². The van der Waals surface area contributed by atoms with Gasteiger partial charge in [0.2, 0.25) is 0 Å². The Labute approximate surface area is 434 Å². The first-order valence-electron chi connectivity index (χ1n) is 29.0. The molecule has 0 N–H and O–H groups in total. The molecule has 1 heterocycles. The molecule has 0 atom stereocenters. The molecule has 0 saturated heterocycles. The van der Waals surface area contributed by atoms with Crippen molar-refractivity contribution in [1.82, 2.24) is 0 Å². The molecule has 0 saturated carbocycles. The normalized spacial score (nSPS) is 12.5. The lowest BCUT2D eigenvalue weighted by Crippen LogP contribution is -2.27. The van der Waals surface area contributed by atoms with E-state index in [4.69, 9.17) is 9.47 Å². The Bertz CT molecular complexity index is 2240. The van der Waals surface area contributed by atoms with E-state index in [0.29, 0.717) is 0 Å². The summed E-state index contributed by atoms with van der Waals surface area (Å²) in [6.07, 6.45) is 33.9. The van der Waals surface area contributed by atoms with E-state index in [9.17, 15) is 0 Å². The molecular formula is C68H90O2Si. The Hall–Kier alpha value is -4.73. The van der Waals surface area contributed by atoms with Crippen molar-refractivity contribution in [2.75, 3.05) is 13.2 Å². The summed E-state index contributed by atoms with van der Waals surface area (Å²) in [6, 6.07) is 48.8. The summed E-state index contributed by atoms with van der Waals surface area (Å²) < 4.78 is 12.2. The molecule has 0 aliphatic heterocycles. The van der Waals surface area contributed by atoms with Crippen LogP contribution in [-0.4, -0.2) is 22.3 Å². The van der Waals surface area contributed by atoms with Crippen LogP contribution in [0.25, 0.3) is 55.2 Å². The van der Waals surface area contributed by atoms with Gasteiger partial charge in [-0.15, -0.1) is 0 Å². The van der Waals surface area contributed by atoms with Crippen molar-refractivity contribution in [2.24, 2.45) is 0 Å². The highest BCUT2D eigenvalue weighted by molar-refractivity contribution is 6.44. The van der Waals surface area contributed by atoms with Gasteiger partial charge in [0.05, 0.1) is 13.2 Å². The van der Waals surface area contributed by atoms with Crippen molar-refractivity contribution in [2.45, 2.75) is 200 Å². The maximum absolute atomic E-state index is 6.12. The SMILES string of the molecule is CCCCCCCCOc1ccc(-c2ccc(-c3ccc4c(c3)C(CCCCCCCC)(CCCCCCCC)c3[siH]c(-c5ccc(-c6ccc(OCCCCCCCC)cc6)cc5)ccc3-4)cc2)cc1. The summed E-state index contributed by atoms with van der Waals surface area (Å²) in [6.45, 7) is 10.8. The highest BCUT2D eigenvalue weighted by atomic mass is 28.2. The summed E-state index contributed by atoms with van der Waals surface area (Å²) in [7, 11) is -0.0418. The highest BCUT2D eigenvalue weighted by Crippen LogP contribution is 2.55. The molecule has 0 radical (unpaired) electrons. The standard InChI is InChI=1S/C68H90O2Si/c1-5-9-13-17-21-25-49-68(50-26-22-18-14-10-6-2)65-53-60(58-31-29-54(30-32-58)56-37-42-61(43-38-56)69-51-27-23-19-15-11-7-3)41-46-63(65)64-47-48-66(71-67(64)68)59-35-33-55(34-36-59)57-39-44-62(45-40-57)70-52-28-24-20-16-12-8-4/h29-48,53,71H,5-28,49-52H2,1-4H3. The summed E-state index contributed by atoms with van der Waals surface area (Å²) in [5, 5.41) is 3.30. The third-order valence-corrected chi connectivity index (χ3v) is 17.6. The van der Waals surface area contributed by atoms with Gasteiger partial charge in [-0.1, -0.05) is 266 Å². The minimum absolute atomic E-state index is 0.0418. The predicted octanol–water partition coefficient (Wildman–Crippen LogP) is 20.7. The molecule has 6 aromatic rings. The first kappa shape index (κ1) is 54.1. The first-order chi connectivity index (χ1) is 35.1. The Morgan fingerprint density at radius 2 is 0.662 bits per heavy atom. The van der Waals surface area contributed by atoms with Crippen LogP contribution >= 0.6 is 0 Å². The van der Waals surface area contributed by atoms with Crippen LogP contribution in [0.4, 0.5) is 0 Å². The van der Waals surface area contributed by atoms with Crippen LogP contribution < -0.4 is 9.47 Å². The fraction of sp³-hybridized carbons (Fsp3) is 0.485. The number of ether oxygens (including phenoxy) is 2. The van der Waals surface area contributed by atoms with Gasteiger partial charge in [0, 0.05) is 14.5 Å². The Morgan fingerprint density at radius 1 is 0.324 bits per heavy atom. The van der Waals surface area contributed by atoms with Gasteiger partial charge in [-0.3, -0.25) is 0 Å². The van der Waals surface area contributed by atoms with Crippen LogP contribution in [0.5, 0.6) is 11.5 Å². The lowest BCUT2D eigenvalue weighted by atomic mass is 9.73. The van der Waals surface area contributed by atoms with Crippen LogP contribution in [0.2, 0.25) is 0 Å². The van der Waals surface area contributed by atoms with Crippen LogP contribution in [0.15, 0.2) is 127 Å². The van der Waals surface area contributed by atoms with Crippen LogP contribution in [0.3, 0.4) is 0 Å². The largest absolute Gasteiger partial charge is 0.494 e. The molecule has 7 rings (SSSR count). The van der Waals surface area contributed by atoms with E-state index in [-0.39, 0.29) is 14.5 Å². The van der Waals surface area contributed by atoms with Crippen molar-refractivity contribution >= 4 is 9.12 Å². The Balaban J connectivity index is 1.11. The van der Waals surface area contributed by atoms with Gasteiger partial charge < -0.3 is 9.47 Å². The van der Waals surface area contributed by atoms with E-state index < -0.39 is 0 Å². The molecule has 0 fully saturated rings. The predicted molar refractivity (Wildman–Crippen MR) is 311 cm³/mol. The van der Waals surface area contributed by atoms with E-state index in [1.54, 1.807) is 10.7 Å². The maximum Gasteiger partial charge on any atom is 0.119 e. The van der Waals surface area contributed by atoms with Crippen molar-refractivity contribution < 1.29 is 9.47 Å². The van der Waals surface area contributed by atoms with E-state index >= 15 is 0 Å². The fourth-order valence-electron chi connectivity index (χ4n) is 11.3. The zero-order chi connectivity index (χ0) is 49.4. The molecule has 1 aromatic heterocycles. The number of unbranched alkanes of at least 4 members (excludes halogenated alkanes) is 20. The second-order valence-corrected chi connectivity index (χ2v) is 22.6. The van der Waals surface area contributed by atoms with E-state index in [1.165, 1.54) is 209 Å². The molecule has 3 heteroatoms. The minimum Gasteiger partial charge on any atom is -0.494 e. The molecule has 71 heavy (non-hydrogen) atoms. The number of hydrogen-bond donors (Lipinski definition) is 0. The summed E-state index contributed by atoms with van der Waals surface area (Å²) in [5.41, 5.74) is 13.8. The van der Waals surface area contributed by atoms with Crippen molar-refractivity contribution in [3.63, 3.8) is 0 Å². The molecule has 1 aliphatic carbocycles. The molecule has 0 amide bonds. The quantitative estimate of drug-likeness (QED) is 0.0296. The summed E-state index contributed by atoms with van der Waals surface area (Å²) in [4.78, 5) is 0. The highest BCUT2D eigenvalue weighted by Gasteiger charge is 2.42. The first-order valence-corrected chi connectivity index (χ1v) is 30.2. The van der Waals surface area contributed by atoms with Gasteiger partial charge in [0.15, 0.2) is 0 Å². The average Bonchev–Trinajstić information content (AvgIpc) is 3.68. The van der Waals surface area contributed by atoms with Gasteiger partial charge in [-0.05, 0) is 122 Å². The zero-order valence-electron chi connectivity index (χ0n) is 44.8. The maximum atomic E-state index is 6.12.